The van der Waals surface area contributed by atoms with Crippen molar-refractivity contribution in [2.24, 2.45) is 22.9 Å². The fourth-order valence-electron chi connectivity index (χ4n) is 6.20. The molecule has 2 fully saturated rings. The number of carbonyl (C=O) groups is 2. The molecule has 0 bridgehead atoms. The molecular weight excluding hydrogens is 670 g/mol. The van der Waals surface area contributed by atoms with Crippen molar-refractivity contribution in [2.45, 2.75) is 88.9 Å². The van der Waals surface area contributed by atoms with E-state index in [-0.39, 0.29) is 40.9 Å². The molecule has 4 aromatic rings. The average molecular weight is 717 g/mol. The standard InChI is InChI=1S/2C18H23FN6O/c1-10-4-2-5-11(8-10)23-17-12(16(21)26)9-22-18(25-17)24-14-7-3-6-13(19)15(14)20;1-10-4-2-5-11(8-10)23-17-12(16(21)26)9-22-18(25-17)24-15-13(19)6-3-7-14(15)20/h2*2,4-5,8-9,13-15H,3,6-7,20H2,1H3,(H2,21,26)(H2,22,23,24,25)/t2*13-,14+,15-/m01/s1. The highest BCUT2D eigenvalue weighted by molar-refractivity contribution is 5.98. The number of nitrogens with zero attached hydrogens (tertiary/aromatic N) is 4. The van der Waals surface area contributed by atoms with Gasteiger partial charge in [0.1, 0.15) is 35.1 Å². The van der Waals surface area contributed by atoms with Crippen LogP contribution in [-0.2, 0) is 0 Å². The van der Waals surface area contributed by atoms with Gasteiger partial charge in [0, 0.05) is 35.9 Å². The van der Waals surface area contributed by atoms with Crippen molar-refractivity contribution in [2.75, 3.05) is 21.3 Å². The van der Waals surface area contributed by atoms with E-state index in [1.54, 1.807) is 0 Å². The van der Waals surface area contributed by atoms with Crippen LogP contribution in [0.3, 0.4) is 0 Å². The van der Waals surface area contributed by atoms with Crippen molar-refractivity contribution in [3.05, 3.63) is 83.2 Å². The van der Waals surface area contributed by atoms with E-state index in [1.807, 2.05) is 62.4 Å². The molecule has 12 N–H and O–H groups in total. The number of aryl methyl sites for hydroxylation is 2. The summed E-state index contributed by atoms with van der Waals surface area (Å²) in [7, 11) is 0. The topological polar surface area (TPSA) is 238 Å². The predicted octanol–water partition coefficient (Wildman–Crippen LogP) is 4.51. The van der Waals surface area contributed by atoms with Crippen LogP contribution in [0.25, 0.3) is 0 Å². The number of halogens is 2. The van der Waals surface area contributed by atoms with Crippen molar-refractivity contribution in [1.29, 1.82) is 0 Å². The summed E-state index contributed by atoms with van der Waals surface area (Å²) in [5, 5.41) is 12.2. The maximum atomic E-state index is 14.2. The summed E-state index contributed by atoms with van der Waals surface area (Å²) in [5.41, 5.74) is 26.8. The molecule has 2 aliphatic carbocycles. The smallest absolute Gasteiger partial charge is 0.254 e. The summed E-state index contributed by atoms with van der Waals surface area (Å²) < 4.78 is 28.0. The van der Waals surface area contributed by atoms with Crippen LogP contribution in [0.2, 0.25) is 0 Å². The zero-order valence-corrected chi connectivity index (χ0v) is 29.2. The maximum absolute atomic E-state index is 14.2. The molecule has 2 heterocycles. The highest BCUT2D eigenvalue weighted by Crippen LogP contribution is 2.27. The van der Waals surface area contributed by atoms with Crippen LogP contribution in [0.5, 0.6) is 0 Å². The van der Waals surface area contributed by atoms with Crippen LogP contribution in [0.4, 0.5) is 43.7 Å². The molecule has 2 saturated carbocycles. The lowest BCUT2D eigenvalue weighted by molar-refractivity contribution is 0.0992. The number of carbonyl (C=O) groups excluding carboxylic acids is 2. The van der Waals surface area contributed by atoms with Gasteiger partial charge in [-0.1, -0.05) is 24.3 Å². The lowest BCUT2D eigenvalue weighted by Crippen LogP contribution is -2.49. The van der Waals surface area contributed by atoms with Crippen molar-refractivity contribution in [1.82, 2.24) is 19.9 Å². The SMILES string of the molecule is Cc1cccc(Nc2nc(N[C@@H]3CCC[C@H](F)[C@@H]3N)ncc2C(N)=O)c1.Cc1cccc(Nc2nc(N[C@@H]3[C@H](F)CCC[C@@H]3N)ncc2C(N)=O)c1. The lowest BCUT2D eigenvalue weighted by atomic mass is 9.89. The third-order valence-corrected chi connectivity index (χ3v) is 9.03. The van der Waals surface area contributed by atoms with Gasteiger partial charge >= 0.3 is 0 Å². The molecule has 14 nitrogen and oxygen atoms in total. The molecule has 0 aliphatic heterocycles. The normalized spacial score (nSPS) is 22.7. The van der Waals surface area contributed by atoms with E-state index >= 15 is 0 Å². The molecule has 2 aromatic carbocycles. The summed E-state index contributed by atoms with van der Waals surface area (Å²) in [6.45, 7) is 3.92. The molecule has 6 atom stereocenters. The summed E-state index contributed by atoms with van der Waals surface area (Å²) in [6, 6.07) is 13.5. The van der Waals surface area contributed by atoms with E-state index in [0.29, 0.717) is 18.7 Å². The number of aromatic nitrogens is 4. The van der Waals surface area contributed by atoms with E-state index in [1.165, 1.54) is 12.4 Å². The highest BCUT2D eigenvalue weighted by atomic mass is 19.1. The van der Waals surface area contributed by atoms with Gasteiger partial charge in [0.2, 0.25) is 11.9 Å². The van der Waals surface area contributed by atoms with Gasteiger partial charge < -0.3 is 44.2 Å². The second kappa shape index (κ2) is 17.2. The predicted molar refractivity (Wildman–Crippen MR) is 198 cm³/mol. The van der Waals surface area contributed by atoms with Gasteiger partial charge in [0.25, 0.3) is 11.8 Å². The first-order chi connectivity index (χ1) is 24.9. The van der Waals surface area contributed by atoms with Crippen molar-refractivity contribution < 1.29 is 18.4 Å². The first kappa shape index (κ1) is 37.8. The third kappa shape index (κ3) is 9.85. The maximum Gasteiger partial charge on any atom is 0.254 e. The zero-order chi connectivity index (χ0) is 37.4. The molecule has 2 aliphatic rings. The summed E-state index contributed by atoms with van der Waals surface area (Å²) in [5.74, 6) is -0.244. The molecule has 0 saturated heterocycles. The lowest BCUT2D eigenvalue weighted by Gasteiger charge is -2.32. The molecule has 6 rings (SSSR count). The number of amides is 2. The van der Waals surface area contributed by atoms with E-state index < -0.39 is 36.2 Å². The van der Waals surface area contributed by atoms with Gasteiger partial charge in [-0.2, -0.15) is 9.97 Å². The van der Waals surface area contributed by atoms with Gasteiger partial charge in [-0.25, -0.2) is 18.7 Å². The van der Waals surface area contributed by atoms with Crippen molar-refractivity contribution in [3.63, 3.8) is 0 Å². The van der Waals surface area contributed by atoms with Crippen LogP contribution in [0.1, 0.15) is 70.4 Å². The molecule has 2 aromatic heterocycles. The molecule has 276 valence electrons. The molecule has 0 radical (unpaired) electrons. The van der Waals surface area contributed by atoms with Gasteiger partial charge in [-0.3, -0.25) is 9.59 Å². The van der Waals surface area contributed by atoms with Crippen molar-refractivity contribution in [3.8, 4) is 0 Å². The summed E-state index contributed by atoms with van der Waals surface area (Å²) in [4.78, 5) is 40.3. The van der Waals surface area contributed by atoms with E-state index in [4.69, 9.17) is 22.9 Å². The number of benzene rings is 2. The highest BCUT2D eigenvalue weighted by Gasteiger charge is 2.32. The Morgan fingerprint density at radius 2 is 1.21 bits per heavy atom. The van der Waals surface area contributed by atoms with Crippen LogP contribution in [-0.4, -0.2) is 68.3 Å². The number of anilines is 6. The molecule has 52 heavy (non-hydrogen) atoms. The van der Waals surface area contributed by atoms with Crippen LogP contribution in [0, 0.1) is 13.8 Å². The molecule has 0 unspecified atom stereocenters. The zero-order valence-electron chi connectivity index (χ0n) is 29.2. The van der Waals surface area contributed by atoms with Crippen molar-refractivity contribution >= 4 is 46.7 Å². The third-order valence-electron chi connectivity index (χ3n) is 9.03. The van der Waals surface area contributed by atoms with Crippen LogP contribution in [0.15, 0.2) is 60.9 Å². The second-order valence-electron chi connectivity index (χ2n) is 13.2. The van der Waals surface area contributed by atoms with E-state index in [2.05, 4.69) is 41.2 Å². The van der Waals surface area contributed by atoms with E-state index in [0.717, 1.165) is 48.2 Å². The molecule has 16 heteroatoms. The number of rotatable bonds is 10. The minimum atomic E-state index is -1.06. The molecule has 2 amide bonds. The van der Waals surface area contributed by atoms with Crippen LogP contribution >= 0.6 is 0 Å². The number of nitrogens with two attached hydrogens (primary N) is 4. The van der Waals surface area contributed by atoms with E-state index in [9.17, 15) is 18.4 Å². The molecule has 0 spiro atoms. The fraction of sp³-hybridized carbons (Fsp3) is 0.389. The Bertz CT molecular complexity index is 1850. The Hall–Kier alpha value is -5.48. The Labute approximate surface area is 301 Å². The van der Waals surface area contributed by atoms with Gasteiger partial charge in [0.05, 0.1) is 12.1 Å². The monoisotopic (exact) mass is 716 g/mol. The second-order valence-corrected chi connectivity index (χ2v) is 13.2. The van der Waals surface area contributed by atoms with Gasteiger partial charge in [-0.05, 0) is 87.8 Å². The Morgan fingerprint density at radius 1 is 0.712 bits per heavy atom. The van der Waals surface area contributed by atoms with Gasteiger partial charge in [0.15, 0.2) is 0 Å². The Kier molecular flexibility index (Phi) is 12.5. The number of nitrogens with one attached hydrogen (secondary N) is 4. The Morgan fingerprint density at radius 3 is 1.71 bits per heavy atom. The average Bonchev–Trinajstić information content (AvgIpc) is 3.09. The Balaban J connectivity index is 0.000000201. The number of primary amides is 2. The fourth-order valence-corrected chi connectivity index (χ4v) is 6.20. The molecular formula is C36H46F2N12O2. The number of hydrogen-bond donors (Lipinski definition) is 8. The number of hydrogen-bond acceptors (Lipinski definition) is 12. The summed E-state index contributed by atoms with van der Waals surface area (Å²) in [6.07, 6.45) is 4.51. The minimum Gasteiger partial charge on any atom is -0.365 e. The quantitative estimate of drug-likeness (QED) is 0.113. The van der Waals surface area contributed by atoms with Gasteiger partial charge in [-0.15, -0.1) is 0 Å². The van der Waals surface area contributed by atoms with Crippen LogP contribution < -0.4 is 44.2 Å². The first-order valence-electron chi connectivity index (χ1n) is 17.2. The minimum absolute atomic E-state index is 0.154. The number of alkyl halides is 2. The summed E-state index contributed by atoms with van der Waals surface area (Å²) >= 11 is 0. The largest absolute Gasteiger partial charge is 0.365 e. The first-order valence-corrected chi connectivity index (χ1v) is 17.2.